The fraction of sp³-hybridized carbons (Fsp3) is 0. The number of fused-ring (bicyclic) bond motifs is 9. The Bertz CT molecular complexity index is 1820. The van der Waals surface area contributed by atoms with E-state index in [4.69, 9.17) is 4.98 Å². The molecule has 1 aromatic carbocycles. The molecule has 0 amide bonds. The number of nitrogens with zero attached hydrogens (tertiary/aromatic N) is 4. The van der Waals surface area contributed by atoms with Gasteiger partial charge in [-0.1, -0.05) is 12.1 Å². The molecule has 0 radical (unpaired) electrons. The summed E-state index contributed by atoms with van der Waals surface area (Å²) in [7, 11) is 0. The van der Waals surface area contributed by atoms with Crippen molar-refractivity contribution < 1.29 is 0 Å². The maximum absolute atomic E-state index is 4.92. The maximum atomic E-state index is 4.92. The summed E-state index contributed by atoms with van der Waals surface area (Å²) in [6.45, 7) is 0. The Balaban J connectivity index is 1.80. The maximum Gasteiger partial charge on any atom is 0.159 e. The summed E-state index contributed by atoms with van der Waals surface area (Å²) in [6.07, 6.45) is 5.51. The van der Waals surface area contributed by atoms with Crippen molar-refractivity contribution in [3.05, 3.63) is 61.1 Å². The Hall–Kier alpha value is -4.04. The van der Waals surface area contributed by atoms with Crippen LogP contribution in [0, 0.1) is 0 Å². The summed E-state index contributed by atoms with van der Waals surface area (Å²) in [6, 6.07) is 14.6. The molecule has 0 unspecified atom stereocenters. The molecule has 6 aromatic heterocycles. The zero-order valence-corrected chi connectivity index (χ0v) is 16.3. The van der Waals surface area contributed by atoms with Crippen molar-refractivity contribution >= 4 is 75.8 Å². The zero-order valence-electron chi connectivity index (χ0n) is 15.5. The molecule has 0 aliphatic heterocycles. The van der Waals surface area contributed by atoms with Gasteiger partial charge in [-0.3, -0.25) is 10.1 Å². The Labute approximate surface area is 172 Å². The fourth-order valence-electron chi connectivity index (χ4n) is 3.94. The Morgan fingerprint density at radius 1 is 0.800 bits per heavy atom. The zero-order chi connectivity index (χ0) is 19.7. The molecule has 30 heavy (non-hydrogen) atoms. The highest BCUT2D eigenvalue weighted by Crippen LogP contribution is 2.29. The summed E-state index contributed by atoms with van der Waals surface area (Å²) in [5.41, 5.74) is 5.04. The lowest BCUT2D eigenvalue weighted by atomic mass is 10.2. The van der Waals surface area contributed by atoms with Crippen LogP contribution in [0.25, 0.3) is 64.4 Å². The summed E-state index contributed by atoms with van der Waals surface area (Å²) < 4.78 is 1.15. The van der Waals surface area contributed by atoms with Crippen LogP contribution < -0.4 is 0 Å². The number of aromatic amines is 3. The van der Waals surface area contributed by atoms with Crippen LogP contribution in [-0.2, 0) is 0 Å². The number of para-hydroxylation sites is 1. The predicted molar refractivity (Wildman–Crippen MR) is 121 cm³/mol. The minimum atomic E-state index is 0.722. The summed E-state index contributed by atoms with van der Waals surface area (Å²) >= 11 is 1.69. The van der Waals surface area contributed by atoms with Crippen LogP contribution in [0.1, 0.15) is 0 Å². The van der Waals surface area contributed by atoms with Gasteiger partial charge in [0, 0.05) is 33.3 Å². The molecule has 8 heteroatoms. The van der Waals surface area contributed by atoms with Crippen LogP contribution in [0.5, 0.6) is 0 Å². The van der Waals surface area contributed by atoms with Crippen LogP contribution in [0.4, 0.5) is 0 Å². The van der Waals surface area contributed by atoms with Gasteiger partial charge in [0.1, 0.15) is 5.52 Å². The third-order valence-electron chi connectivity index (χ3n) is 5.36. The summed E-state index contributed by atoms with van der Waals surface area (Å²) in [5.74, 6) is 0. The van der Waals surface area contributed by atoms with Crippen molar-refractivity contribution in [1.82, 2.24) is 35.1 Å². The van der Waals surface area contributed by atoms with Crippen LogP contribution in [-0.4, -0.2) is 35.1 Å². The van der Waals surface area contributed by atoms with E-state index in [0.717, 1.165) is 64.4 Å². The molecule has 0 saturated carbocycles. The Morgan fingerprint density at radius 2 is 1.77 bits per heavy atom. The first kappa shape index (κ1) is 15.8. The lowest BCUT2D eigenvalue weighted by Crippen LogP contribution is -1.79. The van der Waals surface area contributed by atoms with Gasteiger partial charge in [-0.05, 0) is 30.3 Å². The quantitative estimate of drug-likeness (QED) is 0.315. The molecular formula is C22H13N7S. The number of imidazole rings is 1. The number of aromatic nitrogens is 7. The van der Waals surface area contributed by atoms with Gasteiger partial charge in [0.05, 0.1) is 33.0 Å². The lowest BCUT2D eigenvalue weighted by molar-refractivity contribution is 1.12. The van der Waals surface area contributed by atoms with Crippen molar-refractivity contribution in [2.45, 2.75) is 0 Å². The van der Waals surface area contributed by atoms with Gasteiger partial charge in [0.25, 0.3) is 0 Å². The highest BCUT2D eigenvalue weighted by atomic mass is 32.1. The molecule has 7 nitrogen and oxygen atoms in total. The SMILES string of the molecule is c1cc2[nH]c3nc2c(c1)c1ccc([nH]c2cncc(c2)c2cnc4[nH]nc3c4c2)s1. The van der Waals surface area contributed by atoms with Crippen LogP contribution in [0.3, 0.4) is 0 Å². The van der Waals surface area contributed by atoms with E-state index in [0.29, 0.717) is 0 Å². The standard InChI is InChI=1S/C22H13N7S/c1-2-14-17-4-5-18(30-17)25-13-6-11(8-23-10-13)12-7-15-20(28-29-21(15)24-9-12)22-26-16(3-1)19(14)27-22/h1-10,25H,(H,26,27)(H,24,28,29). The monoisotopic (exact) mass is 407 g/mol. The third kappa shape index (κ3) is 2.25. The molecule has 3 N–H and O–H groups in total. The molecule has 0 spiro atoms. The molecular weight excluding hydrogens is 394 g/mol. The second kappa shape index (κ2) is 5.74. The number of thiophene rings is 1. The number of nitrogens with one attached hydrogen (secondary N) is 3. The Kier molecular flexibility index (Phi) is 3.03. The van der Waals surface area contributed by atoms with Crippen molar-refractivity contribution in [3.8, 4) is 0 Å². The van der Waals surface area contributed by atoms with Crippen molar-refractivity contribution in [2.75, 3.05) is 0 Å². The van der Waals surface area contributed by atoms with Crippen molar-refractivity contribution in [2.24, 2.45) is 0 Å². The van der Waals surface area contributed by atoms with E-state index in [-0.39, 0.29) is 0 Å². The van der Waals surface area contributed by atoms with E-state index in [1.807, 2.05) is 30.7 Å². The molecule has 7 aromatic rings. The molecule has 142 valence electrons. The first-order valence-electron chi connectivity index (χ1n) is 9.48. The van der Waals surface area contributed by atoms with E-state index < -0.39 is 0 Å². The van der Waals surface area contributed by atoms with E-state index in [9.17, 15) is 0 Å². The second-order valence-corrected chi connectivity index (χ2v) is 8.31. The summed E-state index contributed by atoms with van der Waals surface area (Å²) in [4.78, 5) is 21.9. The second-order valence-electron chi connectivity index (χ2n) is 7.23. The molecule has 0 saturated heterocycles. The topological polar surface area (TPSA) is 98.9 Å². The molecule has 0 aliphatic rings. The average Bonchev–Trinajstić information content (AvgIpc) is 3.50. The predicted octanol–water partition coefficient (Wildman–Crippen LogP) is 5.36. The first-order valence-corrected chi connectivity index (χ1v) is 10.3. The van der Waals surface area contributed by atoms with E-state index in [1.165, 1.54) is 0 Å². The van der Waals surface area contributed by atoms with Crippen LogP contribution in [0.2, 0.25) is 0 Å². The Morgan fingerprint density at radius 3 is 2.77 bits per heavy atom. The number of hydrogen-bond donors (Lipinski definition) is 3. The van der Waals surface area contributed by atoms with Gasteiger partial charge in [-0.2, -0.15) is 5.10 Å². The number of H-pyrrole nitrogens is 3. The van der Waals surface area contributed by atoms with Crippen LogP contribution >= 0.6 is 11.3 Å². The largest absolute Gasteiger partial charge is 0.346 e. The molecule has 0 fully saturated rings. The number of rotatable bonds is 0. The van der Waals surface area contributed by atoms with Gasteiger partial charge in [-0.15, -0.1) is 11.3 Å². The number of pyridine rings is 2. The van der Waals surface area contributed by atoms with Gasteiger partial charge in [0.15, 0.2) is 11.3 Å². The number of hydrogen-bond acceptors (Lipinski definition) is 5. The minimum Gasteiger partial charge on any atom is -0.346 e. The summed E-state index contributed by atoms with van der Waals surface area (Å²) in [5, 5.41) is 11.5. The molecule has 6 heterocycles. The van der Waals surface area contributed by atoms with Gasteiger partial charge in [-0.25, -0.2) is 9.97 Å². The smallest absolute Gasteiger partial charge is 0.159 e. The molecule has 0 aliphatic carbocycles. The molecule has 0 atom stereocenters. The van der Waals surface area contributed by atoms with E-state index >= 15 is 0 Å². The average molecular weight is 407 g/mol. The van der Waals surface area contributed by atoms with Gasteiger partial charge in [0.2, 0.25) is 0 Å². The fourth-order valence-corrected chi connectivity index (χ4v) is 4.90. The normalized spacial score (nSPS) is 12.0. The molecule has 7 rings (SSSR count). The third-order valence-corrected chi connectivity index (χ3v) is 6.40. The van der Waals surface area contributed by atoms with Crippen molar-refractivity contribution in [1.29, 1.82) is 0 Å². The van der Waals surface area contributed by atoms with E-state index in [1.54, 1.807) is 11.3 Å². The lowest BCUT2D eigenvalue weighted by Gasteiger charge is -1.95. The highest BCUT2D eigenvalue weighted by Gasteiger charge is 2.10. The van der Waals surface area contributed by atoms with Crippen molar-refractivity contribution in [3.63, 3.8) is 0 Å². The van der Waals surface area contributed by atoms with Crippen LogP contribution in [0.15, 0.2) is 61.1 Å². The van der Waals surface area contributed by atoms with Gasteiger partial charge >= 0.3 is 0 Å². The first-order chi connectivity index (χ1) is 14.8. The van der Waals surface area contributed by atoms with E-state index in [2.05, 4.69) is 60.5 Å². The highest BCUT2D eigenvalue weighted by molar-refractivity contribution is 7.23. The number of benzene rings is 1. The van der Waals surface area contributed by atoms with Gasteiger partial charge < -0.3 is 9.97 Å². The molecule has 8 bridgehead atoms. The minimum absolute atomic E-state index is 0.722.